The van der Waals surface area contributed by atoms with E-state index in [1.807, 2.05) is 18.2 Å². The van der Waals surface area contributed by atoms with E-state index < -0.39 is 0 Å². The van der Waals surface area contributed by atoms with Gasteiger partial charge in [-0.1, -0.05) is 19.1 Å². The molecule has 0 saturated heterocycles. The molecule has 21 heavy (non-hydrogen) atoms. The molecule has 0 unspecified atom stereocenters. The second kappa shape index (κ2) is 7.27. The van der Waals surface area contributed by atoms with Crippen molar-refractivity contribution in [2.24, 2.45) is 0 Å². The van der Waals surface area contributed by atoms with Gasteiger partial charge in [-0.05, 0) is 54.5 Å². The SMILES string of the molecule is CCc1cccc(OCC(=O)NCc2csc(C)c2C)c1. The van der Waals surface area contributed by atoms with E-state index in [2.05, 4.69) is 37.5 Å². The van der Waals surface area contributed by atoms with Crippen molar-refractivity contribution in [1.82, 2.24) is 5.32 Å². The number of hydrogen-bond acceptors (Lipinski definition) is 3. The van der Waals surface area contributed by atoms with Crippen molar-refractivity contribution in [3.05, 3.63) is 51.2 Å². The quantitative estimate of drug-likeness (QED) is 0.885. The number of hydrogen-bond donors (Lipinski definition) is 1. The maximum atomic E-state index is 11.8. The Kier molecular flexibility index (Phi) is 5.39. The van der Waals surface area contributed by atoms with Crippen molar-refractivity contribution in [2.75, 3.05) is 6.61 Å². The fraction of sp³-hybridized carbons (Fsp3) is 0.353. The van der Waals surface area contributed by atoms with E-state index in [1.54, 1.807) is 11.3 Å². The number of carbonyl (C=O) groups is 1. The number of aryl methyl sites for hydroxylation is 2. The number of ether oxygens (including phenoxy) is 1. The van der Waals surface area contributed by atoms with Gasteiger partial charge >= 0.3 is 0 Å². The molecule has 0 atom stereocenters. The average molecular weight is 303 g/mol. The predicted molar refractivity (Wildman–Crippen MR) is 87.0 cm³/mol. The Labute approximate surface area is 130 Å². The van der Waals surface area contributed by atoms with E-state index in [0.29, 0.717) is 6.54 Å². The van der Waals surface area contributed by atoms with Crippen molar-refractivity contribution >= 4 is 17.2 Å². The van der Waals surface area contributed by atoms with Crippen LogP contribution in [0.15, 0.2) is 29.6 Å². The molecule has 0 fully saturated rings. The molecule has 0 radical (unpaired) electrons. The Hall–Kier alpha value is -1.81. The molecule has 2 aromatic rings. The van der Waals surface area contributed by atoms with Gasteiger partial charge in [-0.2, -0.15) is 0 Å². The topological polar surface area (TPSA) is 38.3 Å². The van der Waals surface area contributed by atoms with Crippen LogP contribution in [0.1, 0.15) is 28.5 Å². The second-order valence-corrected chi connectivity index (χ2v) is 6.09. The third-order valence-electron chi connectivity index (χ3n) is 3.54. The molecule has 4 heteroatoms. The lowest BCUT2D eigenvalue weighted by Crippen LogP contribution is -2.28. The van der Waals surface area contributed by atoms with Crippen molar-refractivity contribution < 1.29 is 9.53 Å². The molecule has 2 rings (SSSR count). The summed E-state index contributed by atoms with van der Waals surface area (Å²) in [7, 11) is 0. The highest BCUT2D eigenvalue weighted by atomic mass is 32.1. The van der Waals surface area contributed by atoms with Crippen LogP contribution in [0.5, 0.6) is 5.75 Å². The van der Waals surface area contributed by atoms with Gasteiger partial charge in [0.05, 0.1) is 0 Å². The van der Waals surface area contributed by atoms with Crippen LogP contribution in [0.25, 0.3) is 0 Å². The van der Waals surface area contributed by atoms with Gasteiger partial charge in [-0.15, -0.1) is 11.3 Å². The average Bonchev–Trinajstić information content (AvgIpc) is 2.83. The first-order valence-electron chi connectivity index (χ1n) is 7.12. The summed E-state index contributed by atoms with van der Waals surface area (Å²) in [6.45, 7) is 6.88. The van der Waals surface area contributed by atoms with E-state index in [-0.39, 0.29) is 12.5 Å². The molecule has 0 aliphatic heterocycles. The van der Waals surface area contributed by atoms with Crippen LogP contribution < -0.4 is 10.1 Å². The number of nitrogens with one attached hydrogen (secondary N) is 1. The van der Waals surface area contributed by atoms with Gasteiger partial charge in [0, 0.05) is 11.4 Å². The molecule has 0 bridgehead atoms. The molecule has 0 saturated carbocycles. The van der Waals surface area contributed by atoms with Crippen LogP contribution >= 0.6 is 11.3 Å². The zero-order chi connectivity index (χ0) is 15.2. The van der Waals surface area contributed by atoms with Crippen molar-refractivity contribution in [3.8, 4) is 5.75 Å². The van der Waals surface area contributed by atoms with Crippen molar-refractivity contribution in [3.63, 3.8) is 0 Å². The molecule has 1 amide bonds. The van der Waals surface area contributed by atoms with E-state index in [1.165, 1.54) is 21.6 Å². The summed E-state index contributed by atoms with van der Waals surface area (Å²) in [6.07, 6.45) is 0.959. The number of benzene rings is 1. The lowest BCUT2D eigenvalue weighted by Gasteiger charge is -2.08. The highest BCUT2D eigenvalue weighted by Crippen LogP contribution is 2.20. The number of amides is 1. The summed E-state index contributed by atoms with van der Waals surface area (Å²) >= 11 is 1.71. The molecule has 1 aromatic heterocycles. The van der Waals surface area contributed by atoms with Gasteiger partial charge in [0.1, 0.15) is 5.75 Å². The van der Waals surface area contributed by atoms with Crippen LogP contribution in [-0.4, -0.2) is 12.5 Å². The van der Waals surface area contributed by atoms with Gasteiger partial charge < -0.3 is 10.1 Å². The Bertz CT molecular complexity index is 619. The first kappa shape index (κ1) is 15.6. The molecule has 112 valence electrons. The Morgan fingerprint density at radius 2 is 2.14 bits per heavy atom. The normalized spacial score (nSPS) is 10.4. The maximum absolute atomic E-state index is 11.8. The predicted octanol–water partition coefficient (Wildman–Crippen LogP) is 3.62. The monoisotopic (exact) mass is 303 g/mol. The molecule has 0 aliphatic carbocycles. The minimum atomic E-state index is -0.0971. The first-order valence-corrected chi connectivity index (χ1v) is 8.00. The summed E-state index contributed by atoms with van der Waals surface area (Å²) in [5, 5.41) is 4.99. The minimum Gasteiger partial charge on any atom is -0.484 e. The standard InChI is InChI=1S/C17H21NO2S/c1-4-14-6-5-7-16(8-14)20-10-17(19)18-9-15-11-21-13(3)12(15)2/h5-8,11H,4,9-10H2,1-3H3,(H,18,19). The second-order valence-electron chi connectivity index (χ2n) is 5.01. The van der Waals surface area contributed by atoms with Crippen LogP contribution in [0.3, 0.4) is 0 Å². The van der Waals surface area contributed by atoms with Gasteiger partial charge in [0.2, 0.25) is 0 Å². The largest absolute Gasteiger partial charge is 0.484 e. The molecule has 0 aliphatic rings. The van der Waals surface area contributed by atoms with E-state index >= 15 is 0 Å². The van der Waals surface area contributed by atoms with E-state index in [0.717, 1.165) is 12.2 Å². The van der Waals surface area contributed by atoms with Crippen molar-refractivity contribution in [2.45, 2.75) is 33.7 Å². The molecule has 0 spiro atoms. The highest BCUT2D eigenvalue weighted by Gasteiger charge is 2.07. The zero-order valence-corrected chi connectivity index (χ0v) is 13.5. The summed E-state index contributed by atoms with van der Waals surface area (Å²) in [5.41, 5.74) is 3.65. The van der Waals surface area contributed by atoms with E-state index in [4.69, 9.17) is 4.74 Å². The summed E-state index contributed by atoms with van der Waals surface area (Å²) < 4.78 is 5.52. The fourth-order valence-electron chi connectivity index (χ4n) is 1.99. The van der Waals surface area contributed by atoms with Crippen LogP contribution in [0.2, 0.25) is 0 Å². The summed E-state index contributed by atoms with van der Waals surface area (Å²) in [5.74, 6) is 0.646. The third-order valence-corrected chi connectivity index (χ3v) is 4.60. The summed E-state index contributed by atoms with van der Waals surface area (Å²) in [6, 6.07) is 7.84. The van der Waals surface area contributed by atoms with E-state index in [9.17, 15) is 4.79 Å². The third kappa shape index (κ3) is 4.33. The minimum absolute atomic E-state index is 0.0509. The Morgan fingerprint density at radius 3 is 2.81 bits per heavy atom. The fourth-order valence-corrected chi connectivity index (χ4v) is 2.87. The molecular weight excluding hydrogens is 282 g/mol. The van der Waals surface area contributed by atoms with Gasteiger partial charge in [0.25, 0.3) is 5.91 Å². The molecule has 1 aromatic carbocycles. The van der Waals surface area contributed by atoms with Gasteiger partial charge in [-0.3, -0.25) is 4.79 Å². The molecule has 1 N–H and O–H groups in total. The Balaban J connectivity index is 1.80. The smallest absolute Gasteiger partial charge is 0.258 e. The first-order chi connectivity index (χ1) is 10.1. The number of carbonyl (C=O) groups excluding carboxylic acids is 1. The number of thiophene rings is 1. The highest BCUT2D eigenvalue weighted by molar-refractivity contribution is 7.10. The lowest BCUT2D eigenvalue weighted by molar-refractivity contribution is -0.123. The molecule has 1 heterocycles. The lowest BCUT2D eigenvalue weighted by atomic mass is 10.2. The van der Waals surface area contributed by atoms with Gasteiger partial charge in [0.15, 0.2) is 6.61 Å². The zero-order valence-electron chi connectivity index (χ0n) is 12.7. The Morgan fingerprint density at radius 1 is 1.33 bits per heavy atom. The van der Waals surface area contributed by atoms with Crippen molar-refractivity contribution in [1.29, 1.82) is 0 Å². The maximum Gasteiger partial charge on any atom is 0.258 e. The molecular formula is C17H21NO2S. The molecule has 3 nitrogen and oxygen atoms in total. The van der Waals surface area contributed by atoms with Crippen LogP contribution in [-0.2, 0) is 17.8 Å². The van der Waals surface area contributed by atoms with Gasteiger partial charge in [-0.25, -0.2) is 0 Å². The summed E-state index contributed by atoms with van der Waals surface area (Å²) in [4.78, 5) is 13.1. The van der Waals surface area contributed by atoms with Crippen LogP contribution in [0, 0.1) is 13.8 Å². The number of rotatable bonds is 6. The van der Waals surface area contributed by atoms with Crippen LogP contribution in [0.4, 0.5) is 0 Å².